The number of halogens is 1. The van der Waals surface area contributed by atoms with Crippen molar-refractivity contribution in [3.05, 3.63) is 0 Å². The number of nitrogens with two attached hydrogens (primary N) is 1. The summed E-state index contributed by atoms with van der Waals surface area (Å²) in [6, 6.07) is 0.0926. The average Bonchev–Trinajstić information content (AvgIpc) is 2.14. The van der Waals surface area contributed by atoms with Crippen LogP contribution in [0.1, 0.15) is 0 Å². The standard InChI is InChI=1S/C4H11N3O.ClH/c5-3-1-6-2-4(3)7-8;/h3-4,6-8H,1-2,5H2;1H. The van der Waals surface area contributed by atoms with Crippen LogP contribution in [0.3, 0.4) is 0 Å². The van der Waals surface area contributed by atoms with Gasteiger partial charge in [0.15, 0.2) is 0 Å². The van der Waals surface area contributed by atoms with Crippen molar-refractivity contribution < 1.29 is 5.21 Å². The van der Waals surface area contributed by atoms with Crippen molar-refractivity contribution >= 4 is 12.4 Å². The molecule has 5 N–H and O–H groups in total. The van der Waals surface area contributed by atoms with Gasteiger partial charge in [0.2, 0.25) is 0 Å². The van der Waals surface area contributed by atoms with E-state index in [4.69, 9.17) is 10.9 Å². The predicted molar refractivity (Wildman–Crippen MR) is 36.8 cm³/mol. The van der Waals surface area contributed by atoms with Gasteiger partial charge in [-0.25, -0.2) is 0 Å². The number of hydroxylamine groups is 1. The summed E-state index contributed by atoms with van der Waals surface area (Å²) in [4.78, 5) is 0. The third-order valence-corrected chi connectivity index (χ3v) is 1.43. The van der Waals surface area contributed by atoms with Crippen LogP contribution in [-0.4, -0.2) is 30.4 Å². The number of rotatable bonds is 1. The third-order valence-electron chi connectivity index (χ3n) is 1.43. The molecule has 0 aromatic heterocycles. The minimum absolute atomic E-state index is 0. The van der Waals surface area contributed by atoms with Crippen molar-refractivity contribution in [3.63, 3.8) is 0 Å². The summed E-state index contributed by atoms with van der Waals surface area (Å²) >= 11 is 0. The molecule has 0 spiro atoms. The van der Waals surface area contributed by atoms with E-state index in [1.807, 2.05) is 0 Å². The highest BCUT2D eigenvalue weighted by atomic mass is 35.5. The van der Waals surface area contributed by atoms with Crippen molar-refractivity contribution in [2.24, 2.45) is 5.73 Å². The van der Waals surface area contributed by atoms with Crippen LogP contribution in [0, 0.1) is 0 Å². The number of nitrogens with one attached hydrogen (secondary N) is 2. The Labute approximate surface area is 60.2 Å². The maximum absolute atomic E-state index is 8.37. The molecule has 0 aromatic carbocycles. The van der Waals surface area contributed by atoms with E-state index < -0.39 is 0 Å². The van der Waals surface area contributed by atoms with E-state index in [0.29, 0.717) is 0 Å². The topological polar surface area (TPSA) is 70.3 Å². The van der Waals surface area contributed by atoms with E-state index in [0.717, 1.165) is 13.1 Å². The molecule has 0 bridgehead atoms. The zero-order chi connectivity index (χ0) is 5.98. The molecule has 1 rings (SSSR count). The first-order chi connectivity index (χ1) is 3.84. The van der Waals surface area contributed by atoms with Crippen LogP contribution in [0.4, 0.5) is 0 Å². The third kappa shape index (κ3) is 2.08. The average molecular weight is 154 g/mol. The molecule has 4 nitrogen and oxygen atoms in total. The van der Waals surface area contributed by atoms with Crippen LogP contribution in [-0.2, 0) is 0 Å². The van der Waals surface area contributed by atoms with Crippen molar-refractivity contribution in [3.8, 4) is 0 Å². The molecule has 9 heavy (non-hydrogen) atoms. The highest BCUT2D eigenvalue weighted by Gasteiger charge is 2.21. The lowest BCUT2D eigenvalue weighted by molar-refractivity contribution is 0.127. The van der Waals surface area contributed by atoms with Gasteiger partial charge in [-0.2, -0.15) is 5.48 Å². The Kier molecular flexibility index (Phi) is 4.09. The molecule has 0 aliphatic carbocycles. The van der Waals surface area contributed by atoms with E-state index in [-0.39, 0.29) is 24.5 Å². The molecule has 0 saturated carbocycles. The summed E-state index contributed by atoms with van der Waals surface area (Å²) in [7, 11) is 0. The lowest BCUT2D eigenvalue weighted by Crippen LogP contribution is -2.42. The van der Waals surface area contributed by atoms with E-state index in [1.54, 1.807) is 0 Å². The molecule has 1 heterocycles. The molecule has 5 heteroatoms. The second kappa shape index (κ2) is 4.03. The molecule has 2 unspecified atom stereocenters. The van der Waals surface area contributed by atoms with Gasteiger partial charge >= 0.3 is 0 Å². The Morgan fingerprint density at radius 3 is 2.44 bits per heavy atom. The quantitative estimate of drug-likeness (QED) is 0.353. The van der Waals surface area contributed by atoms with E-state index >= 15 is 0 Å². The number of hydrogen-bond donors (Lipinski definition) is 4. The smallest absolute Gasteiger partial charge is 0.0607 e. The monoisotopic (exact) mass is 153 g/mol. The molecule has 1 aliphatic heterocycles. The molecular formula is C4H12ClN3O. The summed E-state index contributed by atoms with van der Waals surface area (Å²) < 4.78 is 0. The van der Waals surface area contributed by atoms with Gasteiger partial charge in [0.25, 0.3) is 0 Å². The molecule has 56 valence electrons. The lowest BCUT2D eigenvalue weighted by Gasteiger charge is -2.09. The van der Waals surface area contributed by atoms with E-state index in [1.165, 1.54) is 0 Å². The van der Waals surface area contributed by atoms with Crippen LogP contribution >= 0.6 is 12.4 Å². The maximum atomic E-state index is 8.37. The van der Waals surface area contributed by atoms with Gasteiger partial charge in [0.1, 0.15) is 0 Å². The van der Waals surface area contributed by atoms with Crippen molar-refractivity contribution in [2.45, 2.75) is 12.1 Å². The van der Waals surface area contributed by atoms with Crippen molar-refractivity contribution in [1.29, 1.82) is 0 Å². The SMILES string of the molecule is Cl.NC1CNCC1NO. The fourth-order valence-electron chi connectivity index (χ4n) is 0.841. The maximum Gasteiger partial charge on any atom is 0.0607 e. The van der Waals surface area contributed by atoms with Crippen LogP contribution < -0.4 is 16.5 Å². The van der Waals surface area contributed by atoms with Crippen LogP contribution in [0.2, 0.25) is 0 Å². The molecule has 0 amide bonds. The molecule has 1 fully saturated rings. The second-order valence-electron chi connectivity index (χ2n) is 2.06. The first-order valence-corrected chi connectivity index (χ1v) is 2.70. The molecule has 2 atom stereocenters. The fourth-order valence-corrected chi connectivity index (χ4v) is 0.841. The van der Waals surface area contributed by atoms with Gasteiger partial charge in [-0.05, 0) is 0 Å². The highest BCUT2D eigenvalue weighted by molar-refractivity contribution is 5.85. The van der Waals surface area contributed by atoms with Crippen molar-refractivity contribution in [1.82, 2.24) is 10.8 Å². The van der Waals surface area contributed by atoms with Crippen LogP contribution in [0.25, 0.3) is 0 Å². The van der Waals surface area contributed by atoms with Gasteiger partial charge in [-0.15, -0.1) is 12.4 Å². The van der Waals surface area contributed by atoms with Crippen LogP contribution in [0.5, 0.6) is 0 Å². The van der Waals surface area contributed by atoms with Crippen LogP contribution in [0.15, 0.2) is 0 Å². The fraction of sp³-hybridized carbons (Fsp3) is 1.00. The normalized spacial score (nSPS) is 34.0. The summed E-state index contributed by atoms with van der Waals surface area (Å²) in [5.41, 5.74) is 7.63. The van der Waals surface area contributed by atoms with Crippen molar-refractivity contribution in [2.75, 3.05) is 13.1 Å². The molecule has 0 aromatic rings. The first kappa shape index (κ1) is 9.13. The molecule has 0 radical (unpaired) electrons. The van der Waals surface area contributed by atoms with Gasteiger partial charge < -0.3 is 16.3 Å². The zero-order valence-corrected chi connectivity index (χ0v) is 5.82. The summed E-state index contributed by atoms with van der Waals surface area (Å²) in [6.07, 6.45) is 0. The largest absolute Gasteiger partial charge is 0.325 e. The Morgan fingerprint density at radius 2 is 2.22 bits per heavy atom. The minimum atomic E-state index is 0. The number of hydrogen-bond acceptors (Lipinski definition) is 4. The predicted octanol–water partition coefficient (Wildman–Crippen LogP) is -1.31. The van der Waals surface area contributed by atoms with Gasteiger partial charge in [0.05, 0.1) is 6.04 Å². The molecular weight excluding hydrogens is 142 g/mol. The summed E-state index contributed by atoms with van der Waals surface area (Å²) in [6.45, 7) is 1.55. The molecule has 1 aliphatic rings. The first-order valence-electron chi connectivity index (χ1n) is 2.70. The molecule has 1 saturated heterocycles. The zero-order valence-electron chi connectivity index (χ0n) is 5.00. The Bertz CT molecular complexity index is 82.2. The van der Waals surface area contributed by atoms with Gasteiger partial charge in [-0.1, -0.05) is 0 Å². The van der Waals surface area contributed by atoms with E-state index in [2.05, 4.69) is 10.8 Å². The highest BCUT2D eigenvalue weighted by Crippen LogP contribution is 1.93. The lowest BCUT2D eigenvalue weighted by atomic mass is 10.2. The Morgan fingerprint density at radius 1 is 1.56 bits per heavy atom. The summed E-state index contributed by atoms with van der Waals surface area (Å²) in [5, 5.41) is 11.4. The van der Waals surface area contributed by atoms with E-state index in [9.17, 15) is 0 Å². The Balaban J connectivity index is 0.000000640. The van der Waals surface area contributed by atoms with Gasteiger partial charge in [-0.3, -0.25) is 0 Å². The Hall–Kier alpha value is 0.130. The summed E-state index contributed by atoms with van der Waals surface area (Å²) in [5.74, 6) is 0. The van der Waals surface area contributed by atoms with Gasteiger partial charge in [0, 0.05) is 19.1 Å². The minimum Gasteiger partial charge on any atom is -0.325 e. The second-order valence-corrected chi connectivity index (χ2v) is 2.06.